The smallest absolute Gasteiger partial charge is 0.306 e. The van der Waals surface area contributed by atoms with Gasteiger partial charge in [0, 0.05) is 19.3 Å². The van der Waals surface area contributed by atoms with Crippen LogP contribution >= 0.6 is 0 Å². The van der Waals surface area contributed by atoms with Gasteiger partial charge >= 0.3 is 17.9 Å². The first kappa shape index (κ1) is 77.8. The highest BCUT2D eigenvalue weighted by Crippen LogP contribution is 2.17. The minimum absolute atomic E-state index is 0.0827. The average molecular weight is 1140 g/mol. The van der Waals surface area contributed by atoms with Crippen molar-refractivity contribution in [1.29, 1.82) is 0 Å². The van der Waals surface area contributed by atoms with Crippen LogP contribution in [0.1, 0.15) is 323 Å². The van der Waals surface area contributed by atoms with Crippen LogP contribution in [0.2, 0.25) is 0 Å². The molecule has 6 nitrogen and oxygen atoms in total. The molecule has 0 aromatic rings. The number of hydrogen-bond donors (Lipinski definition) is 0. The molecule has 0 rings (SSSR count). The third-order valence-electron chi connectivity index (χ3n) is 14.7. The molecule has 0 heterocycles. The van der Waals surface area contributed by atoms with Crippen LogP contribution in [-0.2, 0) is 28.6 Å². The van der Waals surface area contributed by atoms with Crippen LogP contribution in [0, 0.1) is 0 Å². The van der Waals surface area contributed by atoms with Gasteiger partial charge in [0.25, 0.3) is 0 Å². The second-order valence-corrected chi connectivity index (χ2v) is 22.7. The fourth-order valence-corrected chi connectivity index (χ4v) is 9.62. The average Bonchev–Trinajstić information content (AvgIpc) is 3.47. The molecular formula is C76H128O6. The SMILES string of the molecule is CC/C=C\C/C=C\C/C=C\C/C=C\C/C=C\C/C=C\CCCCCCCCC(=O)OC(COC(=O)CCCCCCCCCCCCCC)COC(=O)CCCCCCCCCCCCCCCC/C=C\C/C=C\C/C=C\C/C=C\CC. The molecule has 0 aliphatic heterocycles. The van der Waals surface area contributed by atoms with E-state index in [1.54, 1.807) is 0 Å². The summed E-state index contributed by atoms with van der Waals surface area (Å²) in [6, 6.07) is 0. The first-order valence-corrected chi connectivity index (χ1v) is 34.5. The van der Waals surface area contributed by atoms with Crippen molar-refractivity contribution in [3.8, 4) is 0 Å². The van der Waals surface area contributed by atoms with Crippen molar-refractivity contribution in [2.45, 2.75) is 329 Å². The molecule has 0 bridgehead atoms. The van der Waals surface area contributed by atoms with Gasteiger partial charge in [0.05, 0.1) is 0 Å². The molecule has 0 spiro atoms. The number of carbonyl (C=O) groups is 3. The van der Waals surface area contributed by atoms with E-state index in [1.165, 1.54) is 148 Å². The molecule has 0 aromatic carbocycles. The monoisotopic (exact) mass is 1140 g/mol. The predicted molar refractivity (Wildman–Crippen MR) is 357 cm³/mol. The van der Waals surface area contributed by atoms with Crippen LogP contribution in [0.25, 0.3) is 0 Å². The van der Waals surface area contributed by atoms with Gasteiger partial charge in [-0.05, 0) is 109 Å². The summed E-state index contributed by atoms with van der Waals surface area (Å²) in [5.41, 5.74) is 0. The number of ether oxygens (including phenoxy) is 3. The zero-order valence-corrected chi connectivity index (χ0v) is 53.7. The highest BCUT2D eigenvalue weighted by molar-refractivity contribution is 5.71. The summed E-state index contributed by atoms with van der Waals surface area (Å²) in [6.07, 6.45) is 96.4. The topological polar surface area (TPSA) is 78.9 Å². The molecule has 1 atom stereocenters. The Kier molecular flexibility index (Phi) is 65.8. The van der Waals surface area contributed by atoms with Gasteiger partial charge in [-0.1, -0.05) is 316 Å². The molecule has 0 N–H and O–H groups in total. The number of hydrogen-bond acceptors (Lipinski definition) is 6. The largest absolute Gasteiger partial charge is 0.462 e. The lowest BCUT2D eigenvalue weighted by Gasteiger charge is -2.18. The van der Waals surface area contributed by atoms with Gasteiger partial charge < -0.3 is 14.2 Å². The van der Waals surface area contributed by atoms with Gasteiger partial charge in [-0.15, -0.1) is 0 Å². The Labute approximate surface area is 507 Å². The fourth-order valence-electron chi connectivity index (χ4n) is 9.62. The van der Waals surface area contributed by atoms with Crippen molar-refractivity contribution < 1.29 is 28.6 Å². The lowest BCUT2D eigenvalue weighted by atomic mass is 10.0. The Morgan fingerprint density at radius 3 is 0.744 bits per heavy atom. The van der Waals surface area contributed by atoms with E-state index in [0.29, 0.717) is 19.3 Å². The molecule has 468 valence electrons. The van der Waals surface area contributed by atoms with Crippen molar-refractivity contribution in [1.82, 2.24) is 0 Å². The highest BCUT2D eigenvalue weighted by Gasteiger charge is 2.19. The highest BCUT2D eigenvalue weighted by atomic mass is 16.6. The Balaban J connectivity index is 4.30. The van der Waals surface area contributed by atoms with Crippen molar-refractivity contribution >= 4 is 17.9 Å². The lowest BCUT2D eigenvalue weighted by Crippen LogP contribution is -2.30. The number of carbonyl (C=O) groups excluding carboxylic acids is 3. The molecule has 0 amide bonds. The summed E-state index contributed by atoms with van der Waals surface area (Å²) in [6.45, 7) is 6.43. The maximum absolute atomic E-state index is 12.9. The summed E-state index contributed by atoms with van der Waals surface area (Å²) in [5, 5.41) is 0. The summed E-state index contributed by atoms with van der Waals surface area (Å²) in [7, 11) is 0. The Morgan fingerprint density at radius 1 is 0.256 bits per heavy atom. The van der Waals surface area contributed by atoms with Crippen LogP contribution in [-0.4, -0.2) is 37.2 Å². The van der Waals surface area contributed by atoms with Crippen LogP contribution < -0.4 is 0 Å². The van der Waals surface area contributed by atoms with Gasteiger partial charge in [-0.3, -0.25) is 14.4 Å². The second kappa shape index (κ2) is 69.3. The normalized spacial score (nSPS) is 12.9. The lowest BCUT2D eigenvalue weighted by molar-refractivity contribution is -0.167. The molecule has 0 saturated carbocycles. The number of rotatable bonds is 62. The molecule has 0 aliphatic carbocycles. The number of unbranched alkanes of at least 4 members (excludes halogenated alkanes) is 31. The van der Waals surface area contributed by atoms with Crippen LogP contribution in [0.15, 0.2) is 122 Å². The van der Waals surface area contributed by atoms with E-state index in [1.807, 2.05) is 0 Å². The van der Waals surface area contributed by atoms with E-state index in [4.69, 9.17) is 14.2 Å². The zero-order valence-electron chi connectivity index (χ0n) is 53.7. The van der Waals surface area contributed by atoms with E-state index in [-0.39, 0.29) is 31.1 Å². The van der Waals surface area contributed by atoms with Crippen LogP contribution in [0.5, 0.6) is 0 Å². The molecule has 0 fully saturated rings. The molecule has 0 saturated heterocycles. The predicted octanol–water partition coefficient (Wildman–Crippen LogP) is 23.9. The van der Waals surface area contributed by atoms with E-state index >= 15 is 0 Å². The zero-order chi connectivity index (χ0) is 59.2. The first-order chi connectivity index (χ1) is 40.5. The maximum Gasteiger partial charge on any atom is 0.306 e. The quantitative estimate of drug-likeness (QED) is 0.0261. The van der Waals surface area contributed by atoms with Crippen molar-refractivity contribution in [2.24, 2.45) is 0 Å². The summed E-state index contributed by atoms with van der Waals surface area (Å²) in [4.78, 5) is 38.4. The Hall–Kier alpha value is -4.19. The molecule has 6 heteroatoms. The third-order valence-corrected chi connectivity index (χ3v) is 14.7. The van der Waals surface area contributed by atoms with E-state index < -0.39 is 6.10 Å². The maximum atomic E-state index is 12.9. The van der Waals surface area contributed by atoms with Gasteiger partial charge in [0.2, 0.25) is 0 Å². The van der Waals surface area contributed by atoms with Crippen molar-refractivity contribution in [3.63, 3.8) is 0 Å². The molecule has 0 aliphatic rings. The van der Waals surface area contributed by atoms with Gasteiger partial charge in [0.15, 0.2) is 6.10 Å². The minimum Gasteiger partial charge on any atom is -0.462 e. The van der Waals surface area contributed by atoms with Crippen LogP contribution in [0.3, 0.4) is 0 Å². The number of allylic oxidation sites excluding steroid dienone is 20. The first-order valence-electron chi connectivity index (χ1n) is 34.5. The summed E-state index contributed by atoms with van der Waals surface area (Å²) < 4.78 is 17.0. The van der Waals surface area contributed by atoms with Crippen LogP contribution in [0.4, 0.5) is 0 Å². The van der Waals surface area contributed by atoms with Crippen molar-refractivity contribution in [3.05, 3.63) is 122 Å². The van der Waals surface area contributed by atoms with Gasteiger partial charge in [0.1, 0.15) is 13.2 Å². The standard InChI is InChI=1S/C76H128O6/c1-4-7-10-13-16-19-22-25-27-29-31-33-35-37-38-40-41-43-45-47-49-51-54-57-60-63-66-69-75(78)81-72-73(71-80-74(77)68-65-62-59-56-53-24-21-18-15-12-9-6-3)82-76(79)70-67-64-61-58-55-52-50-48-46-44-42-39-36-34-32-30-28-26-23-20-17-14-11-8-5-2/h7-8,10-11,16-17,19-20,25-28,31-34,39,42,46,48,73H,4-6,9,12-15,18,21-24,29-30,35-38,40-41,43-45,47,49-72H2,1-3H3/b10-7-,11-8-,19-16-,20-17-,27-25-,28-26-,33-31-,34-32-,42-39-,48-46-. The van der Waals surface area contributed by atoms with Crippen molar-refractivity contribution in [2.75, 3.05) is 13.2 Å². The molecular weight excluding hydrogens is 1010 g/mol. The van der Waals surface area contributed by atoms with E-state index in [0.717, 1.165) is 135 Å². The Morgan fingerprint density at radius 2 is 0.476 bits per heavy atom. The summed E-state index contributed by atoms with van der Waals surface area (Å²) >= 11 is 0. The molecule has 1 unspecified atom stereocenters. The molecule has 82 heavy (non-hydrogen) atoms. The summed E-state index contributed by atoms with van der Waals surface area (Å²) in [5.74, 6) is -0.887. The third kappa shape index (κ3) is 66.6. The second-order valence-electron chi connectivity index (χ2n) is 22.7. The van der Waals surface area contributed by atoms with E-state index in [2.05, 4.69) is 142 Å². The Bertz CT molecular complexity index is 1690. The van der Waals surface area contributed by atoms with Gasteiger partial charge in [-0.2, -0.15) is 0 Å². The fraction of sp³-hybridized carbons (Fsp3) is 0.697. The molecule has 0 aromatic heterocycles. The van der Waals surface area contributed by atoms with E-state index in [9.17, 15) is 14.4 Å². The molecule has 0 radical (unpaired) electrons. The van der Waals surface area contributed by atoms with Gasteiger partial charge in [-0.25, -0.2) is 0 Å². The number of esters is 3. The minimum atomic E-state index is -0.788.